The van der Waals surface area contributed by atoms with Crippen LogP contribution in [0.2, 0.25) is 0 Å². The Labute approximate surface area is 169 Å². The van der Waals surface area contributed by atoms with Gasteiger partial charge in [0.2, 0.25) is 0 Å². The monoisotopic (exact) mass is 450 g/mol. The highest BCUT2D eigenvalue weighted by molar-refractivity contribution is 7.99. The molecule has 28 heavy (non-hydrogen) atoms. The smallest absolute Gasteiger partial charge is 0.321 e. The zero-order valence-corrected chi connectivity index (χ0v) is 17.2. The van der Waals surface area contributed by atoms with Crippen molar-refractivity contribution < 1.29 is 26.4 Å². The minimum absolute atomic E-state index is 0.0519. The van der Waals surface area contributed by atoms with Crippen LogP contribution >= 0.6 is 23.1 Å². The Kier molecular flexibility index (Phi) is 6.08. The van der Waals surface area contributed by atoms with Crippen LogP contribution in [0.3, 0.4) is 0 Å². The zero-order chi connectivity index (χ0) is 20.5. The third kappa shape index (κ3) is 4.53. The van der Waals surface area contributed by atoms with E-state index in [-0.39, 0.29) is 9.77 Å². The molecule has 0 atom stereocenters. The second-order valence-electron chi connectivity index (χ2n) is 6.08. The van der Waals surface area contributed by atoms with Crippen molar-refractivity contribution in [2.75, 3.05) is 29.9 Å². The number of sulfonamides is 1. The van der Waals surface area contributed by atoms with E-state index < -0.39 is 27.7 Å². The van der Waals surface area contributed by atoms with Gasteiger partial charge in [-0.25, -0.2) is 8.42 Å². The first-order chi connectivity index (χ1) is 13.1. The molecule has 0 unspecified atom stereocenters. The standard InChI is InChI=1S/C17H17F3N2O3S3/c1-11-14(10-15(27-11)28(24,25)22-6-8-26-9-7-22)21-16(23)12-2-4-13(5-3-12)17(18,19)20/h2-5,10H,6-9H2,1H3,(H,21,23). The average molecular weight is 451 g/mol. The van der Waals surface area contributed by atoms with E-state index in [0.717, 1.165) is 47.1 Å². The van der Waals surface area contributed by atoms with Crippen molar-refractivity contribution in [3.05, 3.63) is 46.3 Å². The SMILES string of the molecule is Cc1sc(S(=O)(=O)N2CCSCC2)cc1NC(=O)c1ccc(C(F)(F)F)cc1. The minimum atomic E-state index is -4.48. The number of amides is 1. The number of aryl methyl sites for hydroxylation is 1. The molecular weight excluding hydrogens is 433 g/mol. The number of hydrogen-bond donors (Lipinski definition) is 1. The number of carbonyl (C=O) groups is 1. The molecule has 5 nitrogen and oxygen atoms in total. The number of alkyl halides is 3. The predicted molar refractivity (Wildman–Crippen MR) is 105 cm³/mol. The quantitative estimate of drug-likeness (QED) is 0.763. The lowest BCUT2D eigenvalue weighted by molar-refractivity contribution is -0.137. The van der Waals surface area contributed by atoms with Gasteiger partial charge >= 0.3 is 6.18 Å². The maximum atomic E-state index is 12.7. The van der Waals surface area contributed by atoms with Crippen molar-refractivity contribution in [2.45, 2.75) is 17.3 Å². The third-order valence-electron chi connectivity index (χ3n) is 4.18. The Morgan fingerprint density at radius 1 is 1.14 bits per heavy atom. The second kappa shape index (κ2) is 8.05. The molecule has 1 N–H and O–H groups in total. The Morgan fingerprint density at radius 3 is 2.32 bits per heavy atom. The van der Waals surface area contributed by atoms with Crippen LogP contribution in [0, 0.1) is 6.92 Å². The number of thiophene rings is 1. The van der Waals surface area contributed by atoms with E-state index in [9.17, 15) is 26.4 Å². The van der Waals surface area contributed by atoms with Crippen LogP contribution in [0.1, 0.15) is 20.8 Å². The van der Waals surface area contributed by atoms with E-state index >= 15 is 0 Å². The summed E-state index contributed by atoms with van der Waals surface area (Å²) in [6.45, 7) is 2.56. The van der Waals surface area contributed by atoms with Crippen molar-refractivity contribution in [1.29, 1.82) is 0 Å². The Bertz CT molecular complexity index is 964. The summed E-state index contributed by atoms with van der Waals surface area (Å²) in [5.41, 5.74) is -0.459. The van der Waals surface area contributed by atoms with Crippen molar-refractivity contribution in [2.24, 2.45) is 0 Å². The summed E-state index contributed by atoms with van der Waals surface area (Å²) >= 11 is 2.75. The molecule has 2 aromatic rings. The number of thioether (sulfide) groups is 1. The van der Waals surface area contributed by atoms with Crippen molar-refractivity contribution >= 4 is 44.7 Å². The Morgan fingerprint density at radius 2 is 1.75 bits per heavy atom. The lowest BCUT2D eigenvalue weighted by Crippen LogP contribution is -2.37. The summed E-state index contributed by atoms with van der Waals surface area (Å²) in [7, 11) is -3.62. The van der Waals surface area contributed by atoms with E-state index in [0.29, 0.717) is 23.7 Å². The van der Waals surface area contributed by atoms with Crippen LogP contribution < -0.4 is 5.32 Å². The summed E-state index contributed by atoms with van der Waals surface area (Å²) < 4.78 is 64.9. The first-order valence-electron chi connectivity index (χ1n) is 8.26. The van der Waals surface area contributed by atoms with Crippen molar-refractivity contribution in [3.8, 4) is 0 Å². The Hall–Kier alpha value is -1.56. The van der Waals surface area contributed by atoms with Gasteiger partial charge in [0, 0.05) is 35.0 Å². The number of rotatable bonds is 4. The normalized spacial score (nSPS) is 16.1. The molecule has 1 saturated heterocycles. The van der Waals surface area contributed by atoms with E-state index in [4.69, 9.17) is 0 Å². The van der Waals surface area contributed by atoms with Crippen LogP contribution in [0.4, 0.5) is 18.9 Å². The molecule has 1 aromatic carbocycles. The second-order valence-corrected chi connectivity index (χ2v) is 10.7. The highest BCUT2D eigenvalue weighted by atomic mass is 32.2. The van der Waals surface area contributed by atoms with Gasteiger partial charge in [0.1, 0.15) is 4.21 Å². The fourth-order valence-electron chi connectivity index (χ4n) is 2.63. The number of nitrogens with zero attached hydrogens (tertiary/aromatic N) is 1. The van der Waals surface area contributed by atoms with Crippen molar-refractivity contribution in [3.63, 3.8) is 0 Å². The van der Waals surface area contributed by atoms with E-state index in [1.54, 1.807) is 18.7 Å². The summed E-state index contributed by atoms with van der Waals surface area (Å²) in [6.07, 6.45) is -4.48. The molecule has 2 heterocycles. The number of halogens is 3. The van der Waals surface area contributed by atoms with Crippen molar-refractivity contribution in [1.82, 2.24) is 4.31 Å². The molecule has 0 bridgehead atoms. The van der Waals surface area contributed by atoms with Crippen LogP contribution in [0.5, 0.6) is 0 Å². The highest BCUT2D eigenvalue weighted by Crippen LogP contribution is 2.33. The third-order valence-corrected chi connectivity index (χ3v) is 8.52. The van der Waals surface area contributed by atoms with Crippen LogP contribution in [-0.2, 0) is 16.2 Å². The van der Waals surface area contributed by atoms with Crippen LogP contribution in [0.25, 0.3) is 0 Å². The Balaban J connectivity index is 1.77. The summed E-state index contributed by atoms with van der Waals surface area (Å²) in [5, 5.41) is 2.58. The first-order valence-corrected chi connectivity index (χ1v) is 11.7. The summed E-state index contributed by atoms with van der Waals surface area (Å²) in [4.78, 5) is 12.9. The summed E-state index contributed by atoms with van der Waals surface area (Å²) in [5.74, 6) is 0.871. The lowest BCUT2D eigenvalue weighted by atomic mass is 10.1. The van der Waals surface area contributed by atoms with Gasteiger partial charge in [-0.2, -0.15) is 29.2 Å². The van der Waals surface area contributed by atoms with Gasteiger partial charge in [0.25, 0.3) is 15.9 Å². The fourth-order valence-corrected chi connectivity index (χ4v) is 6.76. The lowest BCUT2D eigenvalue weighted by Gasteiger charge is -2.24. The topological polar surface area (TPSA) is 66.5 Å². The molecule has 1 fully saturated rings. The van der Waals surface area contributed by atoms with Gasteiger partial charge in [0.05, 0.1) is 11.3 Å². The largest absolute Gasteiger partial charge is 0.416 e. The summed E-state index contributed by atoms with van der Waals surface area (Å²) in [6, 6.07) is 5.24. The van der Waals surface area contributed by atoms with Gasteiger partial charge < -0.3 is 5.32 Å². The zero-order valence-electron chi connectivity index (χ0n) is 14.7. The van der Waals surface area contributed by atoms with E-state index in [2.05, 4.69) is 5.32 Å². The van der Waals surface area contributed by atoms with Gasteiger partial charge in [-0.1, -0.05) is 0 Å². The molecule has 1 aliphatic heterocycles. The number of benzene rings is 1. The van der Waals surface area contributed by atoms with Gasteiger partial charge in [-0.05, 0) is 37.3 Å². The molecule has 0 radical (unpaired) electrons. The van der Waals surface area contributed by atoms with E-state index in [1.807, 2.05) is 0 Å². The molecule has 11 heteroatoms. The van der Waals surface area contributed by atoms with Gasteiger partial charge in [-0.15, -0.1) is 11.3 Å². The van der Waals surface area contributed by atoms with Crippen LogP contribution in [0.15, 0.2) is 34.5 Å². The maximum Gasteiger partial charge on any atom is 0.416 e. The van der Waals surface area contributed by atoms with Gasteiger partial charge in [-0.3, -0.25) is 4.79 Å². The molecule has 1 amide bonds. The van der Waals surface area contributed by atoms with E-state index in [1.165, 1.54) is 10.4 Å². The average Bonchev–Trinajstić information content (AvgIpc) is 3.03. The first kappa shape index (κ1) is 21.2. The predicted octanol–water partition coefficient (Wildman–Crippen LogP) is 4.07. The molecule has 152 valence electrons. The number of anilines is 1. The number of carbonyl (C=O) groups excluding carboxylic acids is 1. The molecule has 1 aliphatic rings. The molecule has 0 aliphatic carbocycles. The number of nitrogens with one attached hydrogen (secondary N) is 1. The molecule has 1 aromatic heterocycles. The van der Waals surface area contributed by atoms with Crippen LogP contribution in [-0.4, -0.2) is 43.2 Å². The molecular formula is C17H17F3N2O3S3. The fraction of sp³-hybridized carbons (Fsp3) is 0.353. The number of hydrogen-bond acceptors (Lipinski definition) is 5. The van der Waals surface area contributed by atoms with Gasteiger partial charge in [0.15, 0.2) is 0 Å². The highest BCUT2D eigenvalue weighted by Gasteiger charge is 2.31. The maximum absolute atomic E-state index is 12.7. The minimum Gasteiger partial charge on any atom is -0.321 e. The molecule has 0 spiro atoms. The molecule has 3 rings (SSSR count). The molecule has 0 saturated carbocycles.